The summed E-state index contributed by atoms with van der Waals surface area (Å²) in [6.07, 6.45) is 1.62. The molecule has 1 aliphatic heterocycles. The van der Waals surface area contributed by atoms with E-state index in [0.29, 0.717) is 49.4 Å². The molecule has 33 heavy (non-hydrogen) atoms. The number of aromatic nitrogens is 1. The van der Waals surface area contributed by atoms with Crippen molar-refractivity contribution in [3.8, 4) is 17.2 Å². The van der Waals surface area contributed by atoms with E-state index >= 15 is 0 Å². The number of urea groups is 1. The molecular weight excluding hydrogens is 442 g/mol. The number of aryl methyl sites for hydroxylation is 1. The third-order valence-electron chi connectivity index (χ3n) is 5.32. The standard InChI is InChI=1S/C24H19N3O5S/c1-13-12-14(32-18-7-5-4-6-17(18)30-2)8-9-15(13)27-16-10-11-25-22-19(16)20(26-24(27)29)21(33-22)23(28)31-3/h4-12H,1-3H3,(H,26,29). The Morgan fingerprint density at radius 1 is 1.06 bits per heavy atom. The number of pyridine rings is 1. The van der Waals surface area contributed by atoms with Gasteiger partial charge in [0.15, 0.2) is 11.5 Å². The molecule has 0 radical (unpaired) electrons. The Morgan fingerprint density at radius 3 is 2.58 bits per heavy atom. The first-order chi connectivity index (χ1) is 16.0. The molecule has 0 unspecified atom stereocenters. The van der Waals surface area contributed by atoms with E-state index in [4.69, 9.17) is 14.2 Å². The molecule has 1 N–H and O–H groups in total. The topological polar surface area (TPSA) is 90.0 Å². The fourth-order valence-corrected chi connectivity index (χ4v) is 4.87. The Hall–Kier alpha value is -4.11. The first-order valence-electron chi connectivity index (χ1n) is 10.0. The van der Waals surface area contributed by atoms with Crippen molar-refractivity contribution < 1.29 is 23.8 Å². The van der Waals surface area contributed by atoms with Crippen molar-refractivity contribution in [2.24, 2.45) is 0 Å². The van der Waals surface area contributed by atoms with Crippen LogP contribution in [0.3, 0.4) is 0 Å². The van der Waals surface area contributed by atoms with Gasteiger partial charge in [0.2, 0.25) is 0 Å². The molecule has 5 rings (SSSR count). The number of carbonyl (C=O) groups is 2. The summed E-state index contributed by atoms with van der Waals surface area (Å²) >= 11 is 1.19. The molecule has 166 valence electrons. The van der Waals surface area contributed by atoms with Crippen LogP contribution in [0.2, 0.25) is 0 Å². The molecule has 0 spiro atoms. The van der Waals surface area contributed by atoms with Crippen molar-refractivity contribution in [1.29, 1.82) is 0 Å². The zero-order chi connectivity index (χ0) is 23.1. The molecule has 0 bridgehead atoms. The van der Waals surface area contributed by atoms with Gasteiger partial charge in [0, 0.05) is 6.20 Å². The summed E-state index contributed by atoms with van der Waals surface area (Å²) in [4.78, 5) is 32.3. The first-order valence-corrected chi connectivity index (χ1v) is 10.9. The Labute approximate surface area is 193 Å². The van der Waals surface area contributed by atoms with Crippen LogP contribution in [-0.2, 0) is 4.74 Å². The summed E-state index contributed by atoms with van der Waals surface area (Å²) in [6, 6.07) is 14.2. The molecule has 9 heteroatoms. The quantitative estimate of drug-likeness (QED) is 0.374. The molecule has 0 fully saturated rings. The third-order valence-corrected chi connectivity index (χ3v) is 6.40. The van der Waals surface area contributed by atoms with E-state index < -0.39 is 5.97 Å². The van der Waals surface area contributed by atoms with Gasteiger partial charge in [0.1, 0.15) is 15.5 Å². The van der Waals surface area contributed by atoms with Gasteiger partial charge < -0.3 is 19.5 Å². The van der Waals surface area contributed by atoms with Crippen LogP contribution in [0.5, 0.6) is 17.2 Å². The van der Waals surface area contributed by atoms with Gasteiger partial charge in [-0.3, -0.25) is 4.90 Å². The van der Waals surface area contributed by atoms with Crippen molar-refractivity contribution in [3.05, 3.63) is 65.2 Å². The van der Waals surface area contributed by atoms with E-state index in [2.05, 4.69) is 10.3 Å². The highest BCUT2D eigenvalue weighted by Crippen LogP contribution is 2.46. The van der Waals surface area contributed by atoms with Crippen LogP contribution in [0.4, 0.5) is 21.9 Å². The summed E-state index contributed by atoms with van der Waals surface area (Å²) in [5.74, 6) is 1.32. The predicted molar refractivity (Wildman–Crippen MR) is 126 cm³/mol. The Bertz CT molecular complexity index is 1410. The molecule has 0 aliphatic carbocycles. The number of ether oxygens (including phenoxy) is 3. The molecule has 3 heterocycles. The summed E-state index contributed by atoms with van der Waals surface area (Å²) in [5.41, 5.74) is 2.59. The number of hydrogen-bond donors (Lipinski definition) is 1. The summed E-state index contributed by atoms with van der Waals surface area (Å²) in [5, 5.41) is 3.55. The number of rotatable bonds is 5. The smallest absolute Gasteiger partial charge is 0.350 e. The number of nitrogens with one attached hydrogen (secondary N) is 1. The molecule has 2 aromatic heterocycles. The van der Waals surface area contributed by atoms with Crippen molar-refractivity contribution in [2.75, 3.05) is 24.4 Å². The summed E-state index contributed by atoms with van der Waals surface area (Å²) in [6.45, 7) is 1.90. The van der Waals surface area contributed by atoms with Crippen molar-refractivity contribution in [1.82, 2.24) is 4.98 Å². The van der Waals surface area contributed by atoms with Gasteiger partial charge in [-0.25, -0.2) is 14.6 Å². The number of benzene rings is 2. The van der Waals surface area contributed by atoms with Crippen LogP contribution in [0.15, 0.2) is 54.7 Å². The number of hydrogen-bond acceptors (Lipinski definition) is 7. The highest BCUT2D eigenvalue weighted by molar-refractivity contribution is 7.21. The lowest BCUT2D eigenvalue weighted by Gasteiger charge is -2.29. The minimum absolute atomic E-state index is 0.317. The monoisotopic (exact) mass is 461 g/mol. The van der Waals surface area contributed by atoms with Crippen LogP contribution in [-0.4, -0.2) is 31.2 Å². The number of amides is 2. The lowest BCUT2D eigenvalue weighted by molar-refractivity contribution is 0.0607. The molecule has 2 aromatic carbocycles. The largest absolute Gasteiger partial charge is 0.493 e. The maximum atomic E-state index is 13.2. The molecule has 1 aliphatic rings. The fourth-order valence-electron chi connectivity index (χ4n) is 3.83. The van der Waals surface area contributed by atoms with E-state index in [0.717, 1.165) is 5.56 Å². The number of methoxy groups -OCH3 is 2. The lowest BCUT2D eigenvalue weighted by atomic mass is 10.1. The molecule has 8 nitrogen and oxygen atoms in total. The highest BCUT2D eigenvalue weighted by Gasteiger charge is 2.33. The van der Waals surface area contributed by atoms with Crippen LogP contribution >= 0.6 is 11.3 Å². The predicted octanol–water partition coefficient (Wildman–Crippen LogP) is 5.88. The van der Waals surface area contributed by atoms with Gasteiger partial charge in [-0.2, -0.15) is 0 Å². The molecule has 0 saturated carbocycles. The molecule has 0 atom stereocenters. The highest BCUT2D eigenvalue weighted by atomic mass is 32.1. The number of esters is 1. The maximum absolute atomic E-state index is 13.2. The first kappa shape index (κ1) is 20.8. The fraction of sp³-hybridized carbons (Fsp3) is 0.125. The average molecular weight is 461 g/mol. The van der Waals surface area contributed by atoms with Crippen LogP contribution in [0.25, 0.3) is 10.2 Å². The molecule has 0 saturated heterocycles. The second kappa shape index (κ2) is 8.10. The Balaban J connectivity index is 1.56. The number of nitrogens with zero attached hydrogens (tertiary/aromatic N) is 2. The minimum atomic E-state index is -0.512. The Morgan fingerprint density at radius 2 is 1.85 bits per heavy atom. The zero-order valence-electron chi connectivity index (χ0n) is 18.0. The van der Waals surface area contributed by atoms with Crippen LogP contribution in [0.1, 0.15) is 15.2 Å². The zero-order valence-corrected chi connectivity index (χ0v) is 18.9. The number of para-hydroxylation sites is 2. The minimum Gasteiger partial charge on any atom is -0.493 e. The van der Waals surface area contributed by atoms with E-state index in [1.807, 2.05) is 43.3 Å². The maximum Gasteiger partial charge on any atom is 0.350 e. The van der Waals surface area contributed by atoms with Crippen LogP contribution in [0, 0.1) is 6.92 Å². The van der Waals surface area contributed by atoms with E-state index in [-0.39, 0.29) is 6.03 Å². The SMILES string of the molecule is COC(=O)c1sc2nccc3c2c1NC(=O)N3c1ccc(Oc2ccccc2OC)cc1C. The average Bonchev–Trinajstić information content (AvgIpc) is 3.19. The van der Waals surface area contributed by atoms with E-state index in [9.17, 15) is 9.59 Å². The number of carbonyl (C=O) groups excluding carboxylic acids is 2. The third kappa shape index (κ3) is 3.42. The van der Waals surface area contributed by atoms with Gasteiger partial charge in [-0.05, 0) is 48.9 Å². The van der Waals surface area contributed by atoms with Gasteiger partial charge in [0.05, 0.1) is 36.7 Å². The number of anilines is 3. The molecule has 4 aromatic rings. The molecule has 2 amide bonds. The second-order valence-corrected chi connectivity index (χ2v) is 8.27. The second-order valence-electron chi connectivity index (χ2n) is 7.27. The lowest BCUT2D eigenvalue weighted by Crippen LogP contribution is -2.34. The Kier molecular flexibility index (Phi) is 5.10. The van der Waals surface area contributed by atoms with E-state index in [1.54, 1.807) is 30.3 Å². The normalized spacial score (nSPS) is 12.5. The van der Waals surface area contributed by atoms with Gasteiger partial charge in [-0.1, -0.05) is 12.1 Å². The number of thiophene rings is 1. The summed E-state index contributed by atoms with van der Waals surface area (Å²) < 4.78 is 16.2. The molecular formula is C24H19N3O5S. The van der Waals surface area contributed by atoms with E-state index in [1.165, 1.54) is 18.4 Å². The van der Waals surface area contributed by atoms with Crippen molar-refractivity contribution in [3.63, 3.8) is 0 Å². The van der Waals surface area contributed by atoms with Gasteiger partial charge >= 0.3 is 12.0 Å². The van der Waals surface area contributed by atoms with Crippen molar-refractivity contribution >= 4 is 50.6 Å². The van der Waals surface area contributed by atoms with Crippen LogP contribution < -0.4 is 19.7 Å². The van der Waals surface area contributed by atoms with Gasteiger partial charge in [0.25, 0.3) is 0 Å². The van der Waals surface area contributed by atoms with Gasteiger partial charge in [-0.15, -0.1) is 11.3 Å². The summed E-state index contributed by atoms with van der Waals surface area (Å²) in [7, 11) is 2.90. The van der Waals surface area contributed by atoms with Crippen molar-refractivity contribution in [2.45, 2.75) is 6.92 Å².